The molecule has 1 aliphatic heterocycles. The molecular formula is C15H18F2N2O. The Labute approximate surface area is 116 Å². The van der Waals surface area contributed by atoms with E-state index < -0.39 is 11.6 Å². The molecule has 108 valence electrons. The van der Waals surface area contributed by atoms with Crippen molar-refractivity contribution in [2.45, 2.75) is 43.7 Å². The fourth-order valence-corrected chi connectivity index (χ4v) is 2.93. The van der Waals surface area contributed by atoms with Gasteiger partial charge in [0.25, 0.3) is 0 Å². The smallest absolute Gasteiger partial charge is 0.220 e. The summed E-state index contributed by atoms with van der Waals surface area (Å²) in [6.45, 7) is 0.657. The summed E-state index contributed by atoms with van der Waals surface area (Å²) in [5.41, 5.74) is 0.375. The molecule has 0 aromatic heterocycles. The van der Waals surface area contributed by atoms with E-state index in [0.717, 1.165) is 31.7 Å². The van der Waals surface area contributed by atoms with Crippen LogP contribution in [0.4, 0.5) is 8.78 Å². The molecule has 20 heavy (non-hydrogen) atoms. The maximum absolute atomic E-state index is 13.4. The summed E-state index contributed by atoms with van der Waals surface area (Å²) in [5.74, 6) is -0.993. The highest BCUT2D eigenvalue weighted by Crippen LogP contribution is 2.46. The molecule has 0 radical (unpaired) electrons. The topological polar surface area (TPSA) is 41.1 Å². The molecule has 1 aromatic carbocycles. The highest BCUT2D eigenvalue weighted by molar-refractivity contribution is 5.76. The summed E-state index contributed by atoms with van der Waals surface area (Å²) in [5, 5.41) is 6.35. The SMILES string of the molecule is O=C1CC[C@H](NC2(c3cc(F)cc(F)c3)CC2)CCN1. The number of benzene rings is 1. The van der Waals surface area contributed by atoms with E-state index in [2.05, 4.69) is 10.6 Å². The first-order chi connectivity index (χ1) is 9.57. The number of carbonyl (C=O) groups is 1. The Morgan fingerprint density at radius 3 is 2.50 bits per heavy atom. The predicted octanol–water partition coefficient (Wildman–Crippen LogP) is 2.21. The first kappa shape index (κ1) is 13.5. The molecule has 5 heteroatoms. The number of amides is 1. The van der Waals surface area contributed by atoms with Gasteiger partial charge in [-0.2, -0.15) is 0 Å². The monoisotopic (exact) mass is 280 g/mol. The van der Waals surface area contributed by atoms with Crippen LogP contribution in [-0.2, 0) is 10.3 Å². The molecule has 0 unspecified atom stereocenters. The van der Waals surface area contributed by atoms with Gasteiger partial charge >= 0.3 is 0 Å². The number of halogens is 2. The van der Waals surface area contributed by atoms with Gasteiger partial charge in [0.05, 0.1) is 0 Å². The van der Waals surface area contributed by atoms with Gasteiger partial charge in [-0.25, -0.2) is 8.78 Å². The van der Waals surface area contributed by atoms with Gasteiger partial charge in [0, 0.05) is 30.6 Å². The number of hydrogen-bond acceptors (Lipinski definition) is 2. The lowest BCUT2D eigenvalue weighted by Crippen LogP contribution is -2.39. The van der Waals surface area contributed by atoms with Crippen molar-refractivity contribution in [2.24, 2.45) is 0 Å². The van der Waals surface area contributed by atoms with E-state index in [0.29, 0.717) is 18.5 Å². The third kappa shape index (κ3) is 2.82. The first-order valence-corrected chi connectivity index (χ1v) is 7.08. The zero-order chi connectivity index (χ0) is 14.2. The second kappa shape index (κ2) is 5.13. The average molecular weight is 280 g/mol. The van der Waals surface area contributed by atoms with E-state index in [1.54, 1.807) is 0 Å². The van der Waals surface area contributed by atoms with Gasteiger partial charge in [-0.05, 0) is 43.4 Å². The highest BCUT2D eigenvalue weighted by atomic mass is 19.1. The van der Waals surface area contributed by atoms with E-state index in [-0.39, 0.29) is 17.5 Å². The molecular weight excluding hydrogens is 262 g/mol. The van der Waals surface area contributed by atoms with Crippen LogP contribution < -0.4 is 10.6 Å². The number of hydrogen-bond donors (Lipinski definition) is 2. The summed E-state index contributed by atoms with van der Waals surface area (Å²) >= 11 is 0. The van der Waals surface area contributed by atoms with Crippen molar-refractivity contribution in [2.75, 3.05) is 6.54 Å². The van der Waals surface area contributed by atoms with Gasteiger partial charge in [0.2, 0.25) is 5.91 Å². The number of carbonyl (C=O) groups excluding carboxylic acids is 1. The lowest BCUT2D eigenvalue weighted by molar-refractivity contribution is -0.120. The summed E-state index contributed by atoms with van der Waals surface area (Å²) in [7, 11) is 0. The molecule has 2 N–H and O–H groups in total. The van der Waals surface area contributed by atoms with Crippen LogP contribution in [0.5, 0.6) is 0 Å². The summed E-state index contributed by atoms with van der Waals surface area (Å²) in [6, 6.07) is 3.92. The Kier molecular flexibility index (Phi) is 3.46. The highest BCUT2D eigenvalue weighted by Gasteiger charge is 2.45. The fraction of sp³-hybridized carbons (Fsp3) is 0.533. The number of nitrogens with one attached hydrogen (secondary N) is 2. The minimum Gasteiger partial charge on any atom is -0.356 e. The molecule has 1 saturated carbocycles. The van der Waals surface area contributed by atoms with Crippen LogP contribution in [0.1, 0.15) is 37.7 Å². The van der Waals surface area contributed by atoms with E-state index in [4.69, 9.17) is 0 Å². The zero-order valence-electron chi connectivity index (χ0n) is 11.2. The van der Waals surface area contributed by atoms with Gasteiger partial charge in [-0.3, -0.25) is 4.79 Å². The molecule has 3 rings (SSSR count). The standard InChI is InChI=1S/C15H18F2N2O/c16-11-7-10(8-12(17)9-11)15(4-5-15)19-13-1-2-14(20)18-6-3-13/h7-9,13,19H,1-6H2,(H,18,20)/t13-/m0/s1. The molecule has 0 bridgehead atoms. The quantitative estimate of drug-likeness (QED) is 0.891. The minimum absolute atomic E-state index is 0.0796. The molecule has 2 aliphatic rings. The number of rotatable bonds is 3. The van der Waals surface area contributed by atoms with Crippen LogP contribution in [0.25, 0.3) is 0 Å². The zero-order valence-corrected chi connectivity index (χ0v) is 11.2. The third-order valence-electron chi connectivity index (χ3n) is 4.18. The molecule has 1 aliphatic carbocycles. The van der Waals surface area contributed by atoms with Crippen molar-refractivity contribution in [1.82, 2.24) is 10.6 Å². The molecule has 1 amide bonds. The van der Waals surface area contributed by atoms with Crippen LogP contribution >= 0.6 is 0 Å². The molecule has 0 spiro atoms. The van der Waals surface area contributed by atoms with E-state index in [9.17, 15) is 13.6 Å². The van der Waals surface area contributed by atoms with E-state index in [1.165, 1.54) is 12.1 Å². The maximum Gasteiger partial charge on any atom is 0.220 e. The average Bonchev–Trinajstić information content (AvgIpc) is 3.17. The van der Waals surface area contributed by atoms with E-state index in [1.807, 2.05) is 0 Å². The van der Waals surface area contributed by atoms with Crippen molar-refractivity contribution in [1.29, 1.82) is 0 Å². The van der Waals surface area contributed by atoms with Crippen LogP contribution in [0.15, 0.2) is 18.2 Å². The fourth-order valence-electron chi connectivity index (χ4n) is 2.93. The normalized spacial score (nSPS) is 24.9. The van der Waals surface area contributed by atoms with Gasteiger partial charge in [-0.1, -0.05) is 0 Å². The molecule has 3 nitrogen and oxygen atoms in total. The lowest BCUT2D eigenvalue weighted by Gasteiger charge is -2.25. The van der Waals surface area contributed by atoms with Gasteiger partial charge in [0.1, 0.15) is 11.6 Å². The Hall–Kier alpha value is -1.49. The van der Waals surface area contributed by atoms with Crippen LogP contribution in [-0.4, -0.2) is 18.5 Å². The molecule has 1 saturated heterocycles. The minimum atomic E-state index is -0.536. The van der Waals surface area contributed by atoms with Gasteiger partial charge in [-0.15, -0.1) is 0 Å². The van der Waals surface area contributed by atoms with Crippen LogP contribution in [0, 0.1) is 11.6 Å². The second-order valence-electron chi connectivity index (χ2n) is 5.76. The second-order valence-corrected chi connectivity index (χ2v) is 5.76. The van der Waals surface area contributed by atoms with Crippen molar-refractivity contribution in [3.63, 3.8) is 0 Å². The largest absolute Gasteiger partial charge is 0.356 e. The molecule has 1 heterocycles. The third-order valence-corrected chi connectivity index (χ3v) is 4.18. The van der Waals surface area contributed by atoms with Crippen LogP contribution in [0.3, 0.4) is 0 Å². The van der Waals surface area contributed by atoms with Crippen LogP contribution in [0.2, 0.25) is 0 Å². The summed E-state index contributed by atoms with van der Waals surface area (Å²) < 4.78 is 26.7. The maximum atomic E-state index is 13.4. The van der Waals surface area contributed by atoms with Gasteiger partial charge in [0.15, 0.2) is 0 Å². The van der Waals surface area contributed by atoms with Gasteiger partial charge < -0.3 is 10.6 Å². The van der Waals surface area contributed by atoms with Crippen molar-refractivity contribution < 1.29 is 13.6 Å². The molecule has 1 aromatic rings. The Balaban J connectivity index is 1.74. The predicted molar refractivity (Wildman–Crippen MR) is 71.1 cm³/mol. The van der Waals surface area contributed by atoms with Crippen molar-refractivity contribution >= 4 is 5.91 Å². The molecule has 2 fully saturated rings. The Morgan fingerprint density at radius 1 is 1.15 bits per heavy atom. The van der Waals surface area contributed by atoms with Crippen molar-refractivity contribution in [3.05, 3.63) is 35.4 Å². The van der Waals surface area contributed by atoms with E-state index >= 15 is 0 Å². The Bertz CT molecular complexity index is 508. The lowest BCUT2D eigenvalue weighted by atomic mass is 10.0. The Morgan fingerprint density at radius 2 is 1.85 bits per heavy atom. The first-order valence-electron chi connectivity index (χ1n) is 7.08. The summed E-state index contributed by atoms with van der Waals surface area (Å²) in [4.78, 5) is 11.3. The molecule has 1 atom stereocenters. The summed E-state index contributed by atoms with van der Waals surface area (Å²) in [6.07, 6.45) is 3.89. The van der Waals surface area contributed by atoms with Crippen molar-refractivity contribution in [3.8, 4) is 0 Å².